The summed E-state index contributed by atoms with van der Waals surface area (Å²) in [5, 5.41) is 12.4. The molecule has 0 fully saturated rings. The molecule has 2 N–H and O–H groups in total. The third kappa shape index (κ3) is 3.08. The lowest BCUT2D eigenvalue weighted by molar-refractivity contribution is 0.238. The summed E-state index contributed by atoms with van der Waals surface area (Å²) in [4.78, 5) is 2.74. The van der Waals surface area contributed by atoms with Gasteiger partial charge in [-0.3, -0.25) is 0 Å². The molecule has 0 radical (unpaired) electrons. The van der Waals surface area contributed by atoms with Crippen LogP contribution < -0.4 is 5.32 Å². The first-order chi connectivity index (χ1) is 6.67. The number of aryl methyl sites for hydroxylation is 2. The molecule has 1 rings (SSSR count). The van der Waals surface area contributed by atoms with Crippen molar-refractivity contribution in [3.05, 3.63) is 21.4 Å². The standard InChI is InChI=1S/C11H19NOS/c1-4-11(7-13)12-6-10-5-8(2)14-9(10)3/h5,11-13H,4,6-7H2,1-3H3/t11-/m1/s1. The van der Waals surface area contributed by atoms with Gasteiger partial charge in [-0.05, 0) is 31.9 Å². The molecule has 0 amide bonds. The molecule has 0 aliphatic heterocycles. The average Bonchev–Trinajstić information content (AvgIpc) is 2.47. The van der Waals surface area contributed by atoms with Crippen molar-refractivity contribution < 1.29 is 5.11 Å². The van der Waals surface area contributed by atoms with Crippen LogP contribution in [0.1, 0.15) is 28.7 Å². The molecule has 3 heteroatoms. The van der Waals surface area contributed by atoms with Crippen LogP contribution in [-0.2, 0) is 6.54 Å². The highest BCUT2D eigenvalue weighted by Crippen LogP contribution is 2.20. The summed E-state index contributed by atoms with van der Waals surface area (Å²) < 4.78 is 0. The molecule has 1 aromatic rings. The minimum Gasteiger partial charge on any atom is -0.395 e. The van der Waals surface area contributed by atoms with Crippen LogP contribution in [0, 0.1) is 13.8 Å². The van der Waals surface area contributed by atoms with Crippen LogP contribution in [0.25, 0.3) is 0 Å². The maximum Gasteiger partial charge on any atom is 0.0584 e. The molecule has 0 aliphatic rings. The minimum absolute atomic E-state index is 0.221. The van der Waals surface area contributed by atoms with E-state index in [1.807, 2.05) is 11.3 Å². The third-order valence-corrected chi connectivity index (χ3v) is 3.45. The second-order valence-electron chi connectivity index (χ2n) is 3.61. The van der Waals surface area contributed by atoms with E-state index in [1.54, 1.807) is 0 Å². The van der Waals surface area contributed by atoms with Gasteiger partial charge < -0.3 is 10.4 Å². The first-order valence-electron chi connectivity index (χ1n) is 5.07. The van der Waals surface area contributed by atoms with E-state index in [-0.39, 0.29) is 12.6 Å². The van der Waals surface area contributed by atoms with Crippen molar-refractivity contribution in [1.82, 2.24) is 5.32 Å². The zero-order valence-corrected chi connectivity index (χ0v) is 9.95. The molecule has 14 heavy (non-hydrogen) atoms. The molecule has 0 saturated heterocycles. The molecular formula is C11H19NOS. The zero-order valence-electron chi connectivity index (χ0n) is 9.13. The predicted octanol–water partition coefficient (Wildman–Crippen LogP) is 2.23. The molecule has 0 spiro atoms. The maximum absolute atomic E-state index is 9.02. The van der Waals surface area contributed by atoms with Crippen LogP contribution >= 0.6 is 11.3 Å². The van der Waals surface area contributed by atoms with Crippen LogP contribution in [-0.4, -0.2) is 17.8 Å². The average molecular weight is 213 g/mol. The van der Waals surface area contributed by atoms with Crippen molar-refractivity contribution in [2.45, 2.75) is 39.8 Å². The molecule has 0 aliphatic carbocycles. The molecular weight excluding hydrogens is 194 g/mol. The van der Waals surface area contributed by atoms with E-state index < -0.39 is 0 Å². The van der Waals surface area contributed by atoms with Crippen molar-refractivity contribution >= 4 is 11.3 Å². The fourth-order valence-corrected chi connectivity index (χ4v) is 2.40. The number of rotatable bonds is 5. The largest absolute Gasteiger partial charge is 0.395 e. The third-order valence-electron chi connectivity index (χ3n) is 2.44. The number of hydrogen-bond donors (Lipinski definition) is 2. The number of hydrogen-bond acceptors (Lipinski definition) is 3. The zero-order chi connectivity index (χ0) is 10.6. The molecule has 0 aromatic carbocycles. The first-order valence-corrected chi connectivity index (χ1v) is 5.89. The second-order valence-corrected chi connectivity index (χ2v) is 5.07. The van der Waals surface area contributed by atoms with Gasteiger partial charge in [0.05, 0.1) is 6.61 Å². The predicted molar refractivity (Wildman–Crippen MR) is 61.8 cm³/mol. The van der Waals surface area contributed by atoms with E-state index in [0.717, 1.165) is 13.0 Å². The number of thiophene rings is 1. The summed E-state index contributed by atoms with van der Waals surface area (Å²) in [6.07, 6.45) is 0.971. The van der Waals surface area contributed by atoms with Crippen molar-refractivity contribution in [2.75, 3.05) is 6.61 Å². The van der Waals surface area contributed by atoms with Crippen molar-refractivity contribution in [3.63, 3.8) is 0 Å². The Hall–Kier alpha value is -0.380. The highest BCUT2D eigenvalue weighted by molar-refractivity contribution is 7.12. The molecule has 0 unspecified atom stereocenters. The summed E-state index contributed by atoms with van der Waals surface area (Å²) in [6, 6.07) is 2.45. The van der Waals surface area contributed by atoms with Crippen molar-refractivity contribution in [1.29, 1.82) is 0 Å². The first kappa shape index (κ1) is 11.7. The Labute approximate surface area is 90.0 Å². The molecule has 2 nitrogen and oxygen atoms in total. The van der Waals surface area contributed by atoms with Crippen LogP contribution in [0.2, 0.25) is 0 Å². The van der Waals surface area contributed by atoms with Gasteiger partial charge in [0.25, 0.3) is 0 Å². The van der Waals surface area contributed by atoms with Crippen LogP contribution in [0.15, 0.2) is 6.07 Å². The van der Waals surface area contributed by atoms with E-state index >= 15 is 0 Å². The lowest BCUT2D eigenvalue weighted by Crippen LogP contribution is -2.31. The SMILES string of the molecule is CC[C@H](CO)NCc1cc(C)sc1C. The minimum atomic E-state index is 0.221. The number of aliphatic hydroxyl groups is 1. The summed E-state index contributed by atoms with van der Waals surface area (Å²) >= 11 is 1.83. The maximum atomic E-state index is 9.02. The Morgan fingerprint density at radius 3 is 2.64 bits per heavy atom. The van der Waals surface area contributed by atoms with Gasteiger partial charge in [-0.15, -0.1) is 11.3 Å². The van der Waals surface area contributed by atoms with Crippen LogP contribution in [0.5, 0.6) is 0 Å². The van der Waals surface area contributed by atoms with Gasteiger partial charge >= 0.3 is 0 Å². The van der Waals surface area contributed by atoms with Crippen LogP contribution in [0.4, 0.5) is 0 Å². The molecule has 1 heterocycles. The van der Waals surface area contributed by atoms with Gasteiger partial charge in [0.15, 0.2) is 0 Å². The highest BCUT2D eigenvalue weighted by Gasteiger charge is 2.06. The van der Waals surface area contributed by atoms with Crippen molar-refractivity contribution in [2.24, 2.45) is 0 Å². The summed E-state index contributed by atoms with van der Waals surface area (Å²) in [7, 11) is 0. The summed E-state index contributed by atoms with van der Waals surface area (Å²) in [5.41, 5.74) is 1.36. The lowest BCUT2D eigenvalue weighted by Gasteiger charge is -2.13. The Kier molecular flexibility index (Phi) is 4.58. The van der Waals surface area contributed by atoms with E-state index in [1.165, 1.54) is 15.3 Å². The molecule has 1 aromatic heterocycles. The van der Waals surface area contributed by atoms with E-state index in [4.69, 9.17) is 5.11 Å². The second kappa shape index (κ2) is 5.49. The van der Waals surface area contributed by atoms with Crippen molar-refractivity contribution in [3.8, 4) is 0 Å². The number of nitrogens with one attached hydrogen (secondary N) is 1. The van der Waals surface area contributed by atoms with Gasteiger partial charge in [-0.2, -0.15) is 0 Å². The van der Waals surface area contributed by atoms with E-state index in [0.29, 0.717) is 0 Å². The normalized spacial score (nSPS) is 13.1. The number of aliphatic hydroxyl groups excluding tert-OH is 1. The fourth-order valence-electron chi connectivity index (χ4n) is 1.45. The van der Waals surface area contributed by atoms with E-state index in [2.05, 4.69) is 32.2 Å². The van der Waals surface area contributed by atoms with Gasteiger partial charge in [0, 0.05) is 22.3 Å². The Bertz CT molecular complexity index is 279. The lowest BCUT2D eigenvalue weighted by atomic mass is 10.2. The molecule has 80 valence electrons. The molecule has 1 atom stereocenters. The quantitative estimate of drug-likeness (QED) is 0.786. The van der Waals surface area contributed by atoms with Gasteiger partial charge in [-0.1, -0.05) is 6.92 Å². The topological polar surface area (TPSA) is 32.3 Å². The van der Waals surface area contributed by atoms with E-state index in [9.17, 15) is 0 Å². The highest BCUT2D eigenvalue weighted by atomic mass is 32.1. The smallest absolute Gasteiger partial charge is 0.0584 e. The molecule has 0 saturated carbocycles. The summed E-state index contributed by atoms with van der Waals surface area (Å²) in [6.45, 7) is 7.45. The van der Waals surface area contributed by atoms with Gasteiger partial charge in [0.2, 0.25) is 0 Å². The van der Waals surface area contributed by atoms with Gasteiger partial charge in [0.1, 0.15) is 0 Å². The molecule has 0 bridgehead atoms. The van der Waals surface area contributed by atoms with Gasteiger partial charge in [-0.25, -0.2) is 0 Å². The van der Waals surface area contributed by atoms with Crippen LogP contribution in [0.3, 0.4) is 0 Å². The Morgan fingerprint density at radius 2 is 2.21 bits per heavy atom. The Morgan fingerprint density at radius 1 is 1.50 bits per heavy atom. The summed E-state index contributed by atoms with van der Waals surface area (Å²) in [5.74, 6) is 0. The Balaban J connectivity index is 2.48. The fraction of sp³-hybridized carbons (Fsp3) is 0.636. The monoisotopic (exact) mass is 213 g/mol.